The highest BCUT2D eigenvalue weighted by Crippen LogP contribution is 2.48. The Hall–Kier alpha value is -4.53. The van der Waals surface area contributed by atoms with Crippen LogP contribution in [0.15, 0.2) is 36.4 Å². The number of benzene rings is 3. The third kappa shape index (κ3) is 9.14. The fraction of sp³-hybridized carbons (Fsp3) is 0.545. The van der Waals surface area contributed by atoms with Crippen LogP contribution < -0.4 is 14.4 Å². The van der Waals surface area contributed by atoms with E-state index < -0.39 is 22.8 Å². The van der Waals surface area contributed by atoms with Gasteiger partial charge in [0.1, 0.15) is 28.5 Å². The molecule has 1 aromatic heterocycles. The molecule has 3 aliphatic rings. The summed E-state index contributed by atoms with van der Waals surface area (Å²) in [5.41, 5.74) is -1.67. The summed E-state index contributed by atoms with van der Waals surface area (Å²) >= 11 is 6.72. The SMILES string of the molecule is COCOc1cc(-c2c(F)cc3c(N4C[C@H]5CC[C@@](C)(C4)N5C(=O)OC(C)(C)C)nc(OCC4(CN(C)CCCCC(=O)OC)CC4)nc3c2F)c2c(Cl)cccc2c1. The first-order valence-electron chi connectivity index (χ1n) is 20.2. The van der Waals surface area contributed by atoms with Crippen molar-refractivity contribution in [1.29, 1.82) is 0 Å². The number of halogens is 3. The molecule has 2 bridgehead atoms. The number of amides is 1. The van der Waals surface area contributed by atoms with E-state index in [9.17, 15) is 9.59 Å². The quantitative estimate of drug-likeness (QED) is 0.0650. The number of hydrogen-bond donors (Lipinski definition) is 0. The van der Waals surface area contributed by atoms with E-state index in [0.29, 0.717) is 53.5 Å². The van der Waals surface area contributed by atoms with Gasteiger partial charge in [0.05, 0.1) is 30.9 Å². The molecule has 2 atom stereocenters. The van der Waals surface area contributed by atoms with Crippen molar-refractivity contribution in [2.24, 2.45) is 5.41 Å². The number of methoxy groups -OCH3 is 2. The zero-order chi connectivity index (χ0) is 42.3. The first-order valence-corrected chi connectivity index (χ1v) is 20.6. The molecule has 0 radical (unpaired) electrons. The Morgan fingerprint density at radius 2 is 1.83 bits per heavy atom. The summed E-state index contributed by atoms with van der Waals surface area (Å²) in [6, 6.07) is 9.56. The Labute approximate surface area is 349 Å². The monoisotopic (exact) mass is 837 g/mol. The van der Waals surface area contributed by atoms with Crippen molar-refractivity contribution in [2.45, 2.75) is 89.8 Å². The number of esters is 1. The maximum absolute atomic E-state index is 17.4. The van der Waals surface area contributed by atoms with Crippen LogP contribution in [0.5, 0.6) is 11.8 Å². The summed E-state index contributed by atoms with van der Waals surface area (Å²) < 4.78 is 62.0. The minimum Gasteiger partial charge on any atom is -0.469 e. The van der Waals surface area contributed by atoms with Crippen molar-refractivity contribution >= 4 is 51.2 Å². The van der Waals surface area contributed by atoms with Crippen LogP contribution in [0.2, 0.25) is 5.02 Å². The van der Waals surface area contributed by atoms with Crippen LogP contribution in [0.1, 0.15) is 72.6 Å². The van der Waals surface area contributed by atoms with Gasteiger partial charge in [-0.2, -0.15) is 9.97 Å². The van der Waals surface area contributed by atoms with Gasteiger partial charge in [-0.3, -0.25) is 9.69 Å². The molecule has 7 rings (SSSR count). The van der Waals surface area contributed by atoms with Crippen molar-refractivity contribution in [3.8, 4) is 22.9 Å². The second-order valence-corrected chi connectivity index (χ2v) is 18.0. The molecule has 0 unspecified atom stereocenters. The highest BCUT2D eigenvalue weighted by Gasteiger charge is 2.52. The van der Waals surface area contributed by atoms with Crippen molar-refractivity contribution in [2.75, 3.05) is 65.7 Å². The molecule has 3 heterocycles. The molecule has 3 aromatic carbocycles. The van der Waals surface area contributed by atoms with Gasteiger partial charge >= 0.3 is 18.1 Å². The maximum Gasteiger partial charge on any atom is 0.411 e. The van der Waals surface area contributed by atoms with E-state index >= 15 is 8.78 Å². The average molecular weight is 838 g/mol. The van der Waals surface area contributed by atoms with Gasteiger partial charge in [0.2, 0.25) is 0 Å². The van der Waals surface area contributed by atoms with E-state index in [1.165, 1.54) is 20.3 Å². The van der Waals surface area contributed by atoms with E-state index in [-0.39, 0.29) is 58.4 Å². The predicted molar refractivity (Wildman–Crippen MR) is 222 cm³/mol. The highest BCUT2D eigenvalue weighted by molar-refractivity contribution is 6.36. The lowest BCUT2D eigenvalue weighted by atomic mass is 9.95. The number of fused-ring (bicyclic) bond motifs is 4. The molecule has 0 N–H and O–H groups in total. The molecule has 15 heteroatoms. The zero-order valence-corrected chi connectivity index (χ0v) is 35.7. The Kier molecular flexibility index (Phi) is 12.2. The second kappa shape index (κ2) is 16.8. The lowest BCUT2D eigenvalue weighted by Crippen LogP contribution is -2.63. The largest absolute Gasteiger partial charge is 0.469 e. The lowest BCUT2D eigenvalue weighted by molar-refractivity contribution is -0.140. The molecule has 1 aliphatic carbocycles. The van der Waals surface area contributed by atoms with Crippen LogP contribution in [0.25, 0.3) is 32.8 Å². The van der Waals surface area contributed by atoms with Gasteiger partial charge in [-0.15, -0.1) is 0 Å². The topological polar surface area (TPSA) is 116 Å². The molecule has 4 aromatic rings. The number of carbonyl (C=O) groups is 2. The van der Waals surface area contributed by atoms with Gasteiger partial charge in [0.25, 0.3) is 0 Å². The van der Waals surface area contributed by atoms with Crippen molar-refractivity contribution in [3.05, 3.63) is 53.1 Å². The van der Waals surface area contributed by atoms with Gasteiger partial charge in [0, 0.05) is 59.9 Å². The third-order valence-corrected chi connectivity index (χ3v) is 12.0. The third-order valence-electron chi connectivity index (χ3n) is 11.6. The summed E-state index contributed by atoms with van der Waals surface area (Å²) in [7, 11) is 4.93. The summed E-state index contributed by atoms with van der Waals surface area (Å²) in [5.74, 6) is -1.27. The number of unbranched alkanes of at least 4 members (excludes halogenated alkanes) is 1. The van der Waals surface area contributed by atoms with Gasteiger partial charge in [0.15, 0.2) is 12.6 Å². The molecule has 0 spiro atoms. The number of nitrogens with zero attached hydrogens (tertiary/aromatic N) is 5. The van der Waals surface area contributed by atoms with Gasteiger partial charge in [-0.1, -0.05) is 23.7 Å². The van der Waals surface area contributed by atoms with E-state index in [1.807, 2.05) is 44.5 Å². The Balaban J connectivity index is 1.26. The smallest absolute Gasteiger partial charge is 0.411 e. The van der Waals surface area contributed by atoms with E-state index in [2.05, 4.69) is 9.88 Å². The minimum absolute atomic E-state index is 0.0249. The number of rotatable bonds is 15. The number of anilines is 1. The van der Waals surface area contributed by atoms with Crippen LogP contribution in [0, 0.1) is 17.0 Å². The van der Waals surface area contributed by atoms with E-state index in [4.69, 9.17) is 40.3 Å². The molecule has 2 saturated heterocycles. The van der Waals surface area contributed by atoms with Crippen molar-refractivity contribution < 1.29 is 42.1 Å². The van der Waals surface area contributed by atoms with E-state index in [1.54, 1.807) is 30.3 Å². The maximum atomic E-state index is 17.4. The number of aromatic nitrogens is 2. The first-order chi connectivity index (χ1) is 28.0. The predicted octanol–water partition coefficient (Wildman–Crippen LogP) is 8.78. The number of piperazine rings is 1. The number of ether oxygens (including phenoxy) is 5. The van der Waals surface area contributed by atoms with Gasteiger partial charge in [-0.25, -0.2) is 13.6 Å². The van der Waals surface area contributed by atoms with E-state index in [0.717, 1.165) is 51.6 Å². The number of carbonyl (C=O) groups excluding carboxylic acids is 2. The summed E-state index contributed by atoms with van der Waals surface area (Å²) in [6.45, 7) is 10.1. The molecule has 318 valence electrons. The Morgan fingerprint density at radius 3 is 2.53 bits per heavy atom. The molecule has 2 aliphatic heterocycles. The minimum atomic E-state index is -0.895. The standard InChI is InChI=1S/C44H54ClF2N5O7/c1-42(2,3)59-41(54)52-28-14-15-43(52,4)23-51(22-28)39-31-21-33(46)36(30-20-29(58-26-55-6)19-27-11-10-12-32(45)35(27)30)37(47)38(31)48-40(49-39)57-25-44(16-17-44)24-50(5)18-9-8-13-34(53)56-7/h10-12,19-21,28H,8-9,13-18,22-26H2,1-7H3/t28-,43+/m1/s1. The summed E-state index contributed by atoms with van der Waals surface area (Å²) in [5, 5.41) is 1.58. The second-order valence-electron chi connectivity index (χ2n) is 17.6. The van der Waals surface area contributed by atoms with Gasteiger partial charge < -0.3 is 33.5 Å². The van der Waals surface area contributed by atoms with Crippen LogP contribution >= 0.6 is 11.6 Å². The number of hydrogen-bond acceptors (Lipinski definition) is 11. The van der Waals surface area contributed by atoms with Gasteiger partial charge in [-0.05, 0) is 109 Å². The molecule has 1 amide bonds. The van der Waals surface area contributed by atoms with Crippen LogP contribution in [-0.2, 0) is 19.0 Å². The fourth-order valence-corrected chi connectivity index (χ4v) is 8.97. The molecule has 3 fully saturated rings. The summed E-state index contributed by atoms with van der Waals surface area (Å²) in [4.78, 5) is 40.7. The first kappa shape index (κ1) is 42.6. The zero-order valence-electron chi connectivity index (χ0n) is 35.0. The molecule has 12 nitrogen and oxygen atoms in total. The summed E-state index contributed by atoms with van der Waals surface area (Å²) in [6.07, 6.45) is 4.92. The fourth-order valence-electron chi connectivity index (χ4n) is 8.69. The van der Waals surface area contributed by atoms with Crippen LogP contribution in [-0.4, -0.2) is 110 Å². The highest BCUT2D eigenvalue weighted by atomic mass is 35.5. The molecule has 1 saturated carbocycles. The van der Waals surface area contributed by atoms with Crippen molar-refractivity contribution in [1.82, 2.24) is 19.8 Å². The molecule has 59 heavy (non-hydrogen) atoms. The van der Waals surface area contributed by atoms with Crippen molar-refractivity contribution in [3.63, 3.8) is 0 Å². The average Bonchev–Trinajstić information content (AvgIpc) is 3.90. The Morgan fingerprint density at radius 1 is 1.05 bits per heavy atom. The molecular formula is C44H54ClF2N5O7. The lowest BCUT2D eigenvalue weighted by Gasteiger charge is -2.47. The Bertz CT molecular complexity index is 2230. The molecular weight excluding hydrogens is 784 g/mol. The normalized spacial score (nSPS) is 19.7. The van der Waals surface area contributed by atoms with Crippen LogP contribution in [0.4, 0.5) is 19.4 Å². The van der Waals surface area contributed by atoms with Crippen LogP contribution in [0.3, 0.4) is 0 Å².